The Labute approximate surface area is 107 Å². The Bertz CT molecular complexity index is 422. The minimum atomic E-state index is -0.644. The summed E-state index contributed by atoms with van der Waals surface area (Å²) in [4.78, 5) is 2.02. The van der Waals surface area contributed by atoms with Gasteiger partial charge in [0.05, 0.1) is 24.5 Å². The molecule has 0 bridgehead atoms. The van der Waals surface area contributed by atoms with Crippen LogP contribution in [0.2, 0.25) is 0 Å². The van der Waals surface area contributed by atoms with Gasteiger partial charge in [-0.2, -0.15) is 0 Å². The quantitative estimate of drug-likeness (QED) is 0.879. The molecule has 1 N–H and O–H groups in total. The third-order valence-electron chi connectivity index (χ3n) is 3.37. The topological polar surface area (TPSA) is 32.7 Å². The Hall–Kier alpha value is -1.13. The monoisotopic (exact) mass is 253 g/mol. The summed E-state index contributed by atoms with van der Waals surface area (Å²) in [5.74, 6) is -0.283. The Morgan fingerprint density at radius 1 is 1.44 bits per heavy atom. The van der Waals surface area contributed by atoms with Crippen LogP contribution < -0.4 is 4.90 Å². The molecule has 3 atom stereocenters. The summed E-state index contributed by atoms with van der Waals surface area (Å²) in [5, 5.41) is 9.44. The number of aliphatic hydroxyl groups excluding tert-OH is 1. The second-order valence-corrected chi connectivity index (χ2v) is 5.03. The lowest BCUT2D eigenvalue weighted by Crippen LogP contribution is -2.47. The van der Waals surface area contributed by atoms with E-state index < -0.39 is 6.10 Å². The molecule has 1 saturated heterocycles. The molecule has 0 amide bonds. The molecule has 4 heteroatoms. The van der Waals surface area contributed by atoms with Crippen molar-refractivity contribution in [3.05, 3.63) is 29.6 Å². The Morgan fingerprint density at radius 3 is 2.78 bits per heavy atom. The summed E-state index contributed by atoms with van der Waals surface area (Å²) >= 11 is 0. The molecule has 2 unspecified atom stereocenters. The third kappa shape index (κ3) is 2.65. The van der Waals surface area contributed by atoms with Crippen molar-refractivity contribution in [3.63, 3.8) is 0 Å². The van der Waals surface area contributed by atoms with Crippen molar-refractivity contribution < 1.29 is 14.2 Å². The van der Waals surface area contributed by atoms with Gasteiger partial charge in [0.25, 0.3) is 0 Å². The summed E-state index contributed by atoms with van der Waals surface area (Å²) in [5.41, 5.74) is 1.19. The van der Waals surface area contributed by atoms with Gasteiger partial charge in [-0.25, -0.2) is 4.39 Å². The van der Waals surface area contributed by atoms with Crippen molar-refractivity contribution in [1.82, 2.24) is 0 Å². The zero-order valence-electron chi connectivity index (χ0n) is 11.1. The molecule has 1 aliphatic rings. The predicted octanol–water partition coefficient (Wildman–Crippen LogP) is 2.49. The fourth-order valence-electron chi connectivity index (χ4n) is 2.25. The van der Waals surface area contributed by atoms with E-state index in [4.69, 9.17) is 4.74 Å². The smallest absolute Gasteiger partial charge is 0.146 e. The number of anilines is 1. The number of aliphatic hydroxyl groups is 1. The first-order valence-corrected chi connectivity index (χ1v) is 6.34. The number of nitrogens with zero attached hydrogens (tertiary/aromatic N) is 1. The van der Waals surface area contributed by atoms with Crippen molar-refractivity contribution in [2.24, 2.45) is 0 Å². The summed E-state index contributed by atoms with van der Waals surface area (Å²) in [6, 6.07) is 5.09. The van der Waals surface area contributed by atoms with Crippen molar-refractivity contribution in [2.75, 3.05) is 18.1 Å². The van der Waals surface area contributed by atoms with E-state index in [0.29, 0.717) is 24.4 Å². The van der Waals surface area contributed by atoms with Gasteiger partial charge < -0.3 is 14.7 Å². The maximum absolute atomic E-state index is 14.1. The lowest BCUT2D eigenvalue weighted by molar-refractivity contribution is 0.0341. The zero-order chi connectivity index (χ0) is 13.3. The van der Waals surface area contributed by atoms with Crippen LogP contribution in [-0.2, 0) is 4.74 Å². The van der Waals surface area contributed by atoms with Crippen molar-refractivity contribution in [2.45, 2.75) is 39.0 Å². The largest absolute Gasteiger partial charge is 0.389 e. The van der Waals surface area contributed by atoms with Crippen molar-refractivity contribution >= 4 is 5.69 Å². The molecule has 1 aliphatic heterocycles. The van der Waals surface area contributed by atoms with E-state index in [2.05, 4.69) is 0 Å². The van der Waals surface area contributed by atoms with Gasteiger partial charge in [-0.15, -0.1) is 0 Å². The average Bonchev–Trinajstić information content (AvgIpc) is 2.32. The molecule has 1 fully saturated rings. The van der Waals surface area contributed by atoms with Gasteiger partial charge in [0.2, 0.25) is 0 Å². The molecule has 1 aromatic carbocycles. The second-order valence-electron chi connectivity index (χ2n) is 5.03. The van der Waals surface area contributed by atoms with E-state index in [1.54, 1.807) is 19.1 Å². The highest BCUT2D eigenvalue weighted by Gasteiger charge is 2.25. The van der Waals surface area contributed by atoms with Crippen LogP contribution in [-0.4, -0.2) is 30.4 Å². The van der Waals surface area contributed by atoms with Crippen LogP contribution in [0.25, 0.3) is 0 Å². The summed E-state index contributed by atoms with van der Waals surface area (Å²) < 4.78 is 19.6. The van der Waals surface area contributed by atoms with Gasteiger partial charge in [0, 0.05) is 12.6 Å². The van der Waals surface area contributed by atoms with E-state index in [0.717, 1.165) is 0 Å². The first-order chi connectivity index (χ1) is 8.49. The van der Waals surface area contributed by atoms with Crippen LogP contribution in [0.1, 0.15) is 32.4 Å². The summed E-state index contributed by atoms with van der Waals surface area (Å²) in [7, 11) is 0. The molecule has 100 valence electrons. The molecular weight excluding hydrogens is 233 g/mol. The highest BCUT2D eigenvalue weighted by Crippen LogP contribution is 2.27. The molecule has 2 rings (SSSR count). The van der Waals surface area contributed by atoms with E-state index in [1.807, 2.05) is 18.7 Å². The Balaban J connectivity index is 2.27. The Kier molecular flexibility index (Phi) is 3.88. The van der Waals surface area contributed by atoms with Gasteiger partial charge in [-0.1, -0.05) is 6.07 Å². The van der Waals surface area contributed by atoms with Crippen LogP contribution in [0, 0.1) is 5.82 Å². The number of morpholine rings is 1. The first kappa shape index (κ1) is 13.3. The zero-order valence-corrected chi connectivity index (χ0v) is 11.1. The molecule has 1 heterocycles. The first-order valence-electron chi connectivity index (χ1n) is 6.34. The van der Waals surface area contributed by atoms with Crippen molar-refractivity contribution in [3.8, 4) is 0 Å². The van der Waals surface area contributed by atoms with E-state index in [-0.39, 0.29) is 18.0 Å². The minimum absolute atomic E-state index is 0.108. The van der Waals surface area contributed by atoms with E-state index >= 15 is 0 Å². The number of rotatable bonds is 2. The predicted molar refractivity (Wildman–Crippen MR) is 69.3 cm³/mol. The highest BCUT2D eigenvalue weighted by atomic mass is 19.1. The number of benzene rings is 1. The molecule has 0 saturated carbocycles. The van der Waals surface area contributed by atoms with E-state index in [9.17, 15) is 9.50 Å². The normalized spacial score (nSPS) is 26.2. The third-order valence-corrected chi connectivity index (χ3v) is 3.37. The van der Waals surface area contributed by atoms with Crippen molar-refractivity contribution in [1.29, 1.82) is 0 Å². The summed E-state index contributed by atoms with van der Waals surface area (Å²) in [6.45, 7) is 6.94. The second kappa shape index (κ2) is 5.24. The fraction of sp³-hybridized carbons (Fsp3) is 0.571. The fourth-order valence-corrected chi connectivity index (χ4v) is 2.25. The molecule has 18 heavy (non-hydrogen) atoms. The molecule has 0 aromatic heterocycles. The number of hydrogen-bond donors (Lipinski definition) is 1. The van der Waals surface area contributed by atoms with Gasteiger partial charge in [-0.3, -0.25) is 0 Å². The maximum Gasteiger partial charge on any atom is 0.146 e. The minimum Gasteiger partial charge on any atom is -0.389 e. The van der Waals surface area contributed by atoms with Crippen LogP contribution in [0.3, 0.4) is 0 Å². The number of ether oxygens (including phenoxy) is 1. The van der Waals surface area contributed by atoms with Gasteiger partial charge >= 0.3 is 0 Å². The molecule has 1 aromatic rings. The lowest BCUT2D eigenvalue weighted by Gasteiger charge is -2.38. The van der Waals surface area contributed by atoms with E-state index in [1.165, 1.54) is 6.07 Å². The molecule has 0 radical (unpaired) electrons. The van der Waals surface area contributed by atoms with Gasteiger partial charge in [-0.05, 0) is 38.5 Å². The number of halogens is 1. The van der Waals surface area contributed by atoms with Crippen LogP contribution in [0.15, 0.2) is 18.2 Å². The SMILES string of the molecule is CC1CN(c2ccc([C@@H](C)O)cc2F)C(C)CO1. The van der Waals surface area contributed by atoms with Crippen LogP contribution in [0.5, 0.6) is 0 Å². The van der Waals surface area contributed by atoms with Crippen LogP contribution >= 0.6 is 0 Å². The highest BCUT2D eigenvalue weighted by molar-refractivity contribution is 5.50. The Morgan fingerprint density at radius 2 is 2.17 bits per heavy atom. The standard InChI is InChI=1S/C14H20FNO2/c1-9-8-18-10(2)7-16(9)14-5-4-12(11(3)17)6-13(14)15/h4-6,9-11,17H,7-8H2,1-3H3/t9?,10?,11-/m1/s1. The van der Waals surface area contributed by atoms with Crippen LogP contribution in [0.4, 0.5) is 10.1 Å². The maximum atomic E-state index is 14.1. The molecule has 3 nitrogen and oxygen atoms in total. The average molecular weight is 253 g/mol. The molecule has 0 spiro atoms. The van der Waals surface area contributed by atoms with Gasteiger partial charge in [0.1, 0.15) is 5.82 Å². The van der Waals surface area contributed by atoms with Gasteiger partial charge in [0.15, 0.2) is 0 Å². The number of hydrogen-bond acceptors (Lipinski definition) is 3. The lowest BCUT2D eigenvalue weighted by atomic mass is 10.1. The molecule has 0 aliphatic carbocycles. The summed E-state index contributed by atoms with van der Waals surface area (Å²) in [6.07, 6.45) is -0.536. The molecular formula is C14H20FNO2.